The molecule has 4 rings (SSSR count). The smallest absolute Gasteiger partial charge is 0.264 e. The molecule has 0 heterocycles. The minimum Gasteiger partial charge on any atom is -0.493 e. The van der Waals surface area contributed by atoms with E-state index in [1.165, 1.54) is 37.3 Å². The van der Waals surface area contributed by atoms with Crippen molar-refractivity contribution in [2.45, 2.75) is 76.4 Å². The molecular formula is C34H43N3O6S. The normalized spacial score (nSPS) is 14.1. The van der Waals surface area contributed by atoms with Crippen molar-refractivity contribution in [1.82, 2.24) is 10.2 Å². The lowest BCUT2D eigenvalue weighted by molar-refractivity contribution is -0.140. The maximum atomic E-state index is 14.3. The van der Waals surface area contributed by atoms with Crippen molar-refractivity contribution in [1.29, 1.82) is 0 Å². The van der Waals surface area contributed by atoms with Gasteiger partial charge in [-0.05, 0) is 62.9 Å². The number of aryl methyl sites for hydroxylation is 2. The van der Waals surface area contributed by atoms with Crippen molar-refractivity contribution in [2.24, 2.45) is 0 Å². The zero-order chi connectivity index (χ0) is 31.9. The molecule has 1 fully saturated rings. The molecule has 0 aromatic heterocycles. The van der Waals surface area contributed by atoms with Crippen molar-refractivity contribution in [2.75, 3.05) is 25.1 Å². The molecular weight excluding hydrogens is 578 g/mol. The lowest BCUT2D eigenvalue weighted by Crippen LogP contribution is -2.53. The third-order valence-corrected chi connectivity index (χ3v) is 9.87. The minimum atomic E-state index is -4.25. The fourth-order valence-electron chi connectivity index (χ4n) is 5.52. The van der Waals surface area contributed by atoms with Crippen LogP contribution in [0.2, 0.25) is 0 Å². The third-order valence-electron chi connectivity index (χ3n) is 8.10. The number of sulfonamides is 1. The van der Waals surface area contributed by atoms with E-state index in [0.717, 1.165) is 46.7 Å². The standard InChI is InChI=1S/C34H43N3O6S/c1-6-30(34(39)35-27-9-7-8-10-27)36(22-26-15-11-24(2)12-16-26)33(38)23-37(28-17-13-25(3)14-18-28)44(40,41)29-19-20-31(42-4)32(21-29)43-5/h11-21,27,30H,6-10,22-23H2,1-5H3,(H,35,39)/t30-/m0/s1. The SMILES string of the molecule is CC[C@@H](C(=O)NC1CCCC1)N(Cc1ccc(C)cc1)C(=O)CN(c1ccc(C)cc1)S(=O)(=O)c1ccc(OC)c(OC)c1. The molecule has 9 nitrogen and oxygen atoms in total. The molecule has 1 aliphatic carbocycles. The van der Waals surface area contributed by atoms with E-state index < -0.39 is 28.5 Å². The van der Waals surface area contributed by atoms with Crippen LogP contribution in [0.15, 0.2) is 71.6 Å². The Labute approximate surface area is 261 Å². The Morgan fingerprint density at radius 2 is 1.48 bits per heavy atom. The summed E-state index contributed by atoms with van der Waals surface area (Å²) in [7, 11) is -1.35. The van der Waals surface area contributed by atoms with E-state index in [2.05, 4.69) is 5.32 Å². The summed E-state index contributed by atoms with van der Waals surface area (Å²) in [6.45, 7) is 5.41. The van der Waals surface area contributed by atoms with Gasteiger partial charge in [-0.15, -0.1) is 0 Å². The molecule has 1 atom stereocenters. The second-order valence-corrected chi connectivity index (χ2v) is 13.1. The lowest BCUT2D eigenvalue weighted by Gasteiger charge is -2.34. The van der Waals surface area contributed by atoms with Gasteiger partial charge in [0.2, 0.25) is 11.8 Å². The molecule has 0 saturated heterocycles. The van der Waals surface area contributed by atoms with Crippen LogP contribution in [0, 0.1) is 13.8 Å². The molecule has 0 unspecified atom stereocenters. The number of nitrogens with one attached hydrogen (secondary N) is 1. The molecule has 0 radical (unpaired) electrons. The van der Waals surface area contributed by atoms with Crippen molar-refractivity contribution < 1.29 is 27.5 Å². The zero-order valence-electron chi connectivity index (χ0n) is 26.2. The highest BCUT2D eigenvalue weighted by Gasteiger charge is 2.35. The van der Waals surface area contributed by atoms with Crippen LogP contribution in [0.1, 0.15) is 55.7 Å². The fourth-order valence-corrected chi connectivity index (χ4v) is 6.95. The van der Waals surface area contributed by atoms with Gasteiger partial charge in [0.25, 0.3) is 10.0 Å². The van der Waals surface area contributed by atoms with Crippen molar-refractivity contribution in [3.05, 3.63) is 83.4 Å². The van der Waals surface area contributed by atoms with Gasteiger partial charge in [-0.2, -0.15) is 0 Å². The number of hydrogen-bond donors (Lipinski definition) is 1. The van der Waals surface area contributed by atoms with E-state index in [-0.39, 0.29) is 29.1 Å². The summed E-state index contributed by atoms with van der Waals surface area (Å²) in [6.07, 6.45) is 4.33. The number of ether oxygens (including phenoxy) is 2. The minimum absolute atomic E-state index is 0.0559. The van der Waals surface area contributed by atoms with Crippen LogP contribution in [0.3, 0.4) is 0 Å². The average Bonchev–Trinajstić information content (AvgIpc) is 3.53. The van der Waals surface area contributed by atoms with Crippen molar-refractivity contribution in [3.8, 4) is 11.5 Å². The van der Waals surface area contributed by atoms with E-state index in [0.29, 0.717) is 17.9 Å². The molecule has 0 bridgehead atoms. The summed E-state index contributed by atoms with van der Waals surface area (Å²) in [5.41, 5.74) is 3.20. The van der Waals surface area contributed by atoms with E-state index in [9.17, 15) is 18.0 Å². The number of amides is 2. The highest BCUT2D eigenvalue weighted by atomic mass is 32.2. The summed E-state index contributed by atoms with van der Waals surface area (Å²) in [5, 5.41) is 3.14. The van der Waals surface area contributed by atoms with E-state index >= 15 is 0 Å². The first-order chi connectivity index (χ1) is 21.1. The van der Waals surface area contributed by atoms with Gasteiger partial charge in [0.15, 0.2) is 11.5 Å². The maximum Gasteiger partial charge on any atom is 0.264 e. The Hall–Kier alpha value is -4.05. The molecule has 3 aromatic carbocycles. The van der Waals surface area contributed by atoms with E-state index in [4.69, 9.17) is 9.47 Å². The van der Waals surface area contributed by atoms with Gasteiger partial charge in [0.1, 0.15) is 12.6 Å². The largest absolute Gasteiger partial charge is 0.493 e. The van der Waals surface area contributed by atoms with Gasteiger partial charge in [0.05, 0.1) is 24.8 Å². The van der Waals surface area contributed by atoms with Crippen molar-refractivity contribution in [3.63, 3.8) is 0 Å². The second-order valence-electron chi connectivity index (χ2n) is 11.3. The quantitative estimate of drug-likeness (QED) is 0.275. The van der Waals surface area contributed by atoms with Crippen LogP contribution in [0.4, 0.5) is 5.69 Å². The fraction of sp³-hybridized carbons (Fsp3) is 0.412. The van der Waals surface area contributed by atoms with Gasteiger partial charge < -0.3 is 19.7 Å². The maximum absolute atomic E-state index is 14.3. The number of rotatable bonds is 13. The van der Waals surface area contributed by atoms with Gasteiger partial charge >= 0.3 is 0 Å². The molecule has 1 aliphatic rings. The van der Waals surface area contributed by atoms with Gasteiger partial charge in [-0.25, -0.2) is 8.42 Å². The summed E-state index contributed by atoms with van der Waals surface area (Å²) in [5.74, 6) is -0.0692. The molecule has 1 saturated carbocycles. The monoisotopic (exact) mass is 621 g/mol. The Kier molecular flexibility index (Phi) is 10.9. The van der Waals surface area contributed by atoms with E-state index in [1.54, 1.807) is 24.3 Å². The molecule has 236 valence electrons. The van der Waals surface area contributed by atoms with Crippen LogP contribution >= 0.6 is 0 Å². The Morgan fingerprint density at radius 1 is 0.886 bits per heavy atom. The molecule has 44 heavy (non-hydrogen) atoms. The number of methoxy groups -OCH3 is 2. The number of hydrogen-bond acceptors (Lipinski definition) is 6. The number of carbonyl (C=O) groups excluding carboxylic acids is 2. The summed E-state index contributed by atoms with van der Waals surface area (Å²) in [6, 6.07) is 18.4. The second kappa shape index (κ2) is 14.6. The Balaban J connectivity index is 1.73. The number of nitrogens with zero attached hydrogens (tertiary/aromatic N) is 2. The predicted molar refractivity (Wildman–Crippen MR) is 171 cm³/mol. The molecule has 10 heteroatoms. The summed E-state index contributed by atoms with van der Waals surface area (Å²) < 4.78 is 40.2. The van der Waals surface area contributed by atoms with Crippen LogP contribution < -0.4 is 19.1 Å². The Bertz CT molecular complexity index is 1530. The molecule has 0 aliphatic heterocycles. The van der Waals surface area contributed by atoms with Gasteiger partial charge in [-0.3, -0.25) is 13.9 Å². The molecule has 3 aromatic rings. The van der Waals surface area contributed by atoms with Gasteiger partial charge in [-0.1, -0.05) is 67.3 Å². The predicted octanol–water partition coefficient (Wildman–Crippen LogP) is 5.38. The average molecular weight is 622 g/mol. The first kappa shape index (κ1) is 32.9. The topological polar surface area (TPSA) is 105 Å². The van der Waals surface area contributed by atoms with Crippen LogP contribution in [0.5, 0.6) is 11.5 Å². The molecule has 0 spiro atoms. The summed E-state index contributed by atoms with van der Waals surface area (Å²) in [4.78, 5) is 29.4. The van der Waals surface area contributed by atoms with Crippen LogP contribution in [-0.4, -0.2) is 58.0 Å². The van der Waals surface area contributed by atoms with E-state index in [1.807, 2.05) is 45.0 Å². The van der Waals surface area contributed by atoms with Crippen LogP contribution in [0.25, 0.3) is 0 Å². The van der Waals surface area contributed by atoms with Crippen LogP contribution in [-0.2, 0) is 26.2 Å². The van der Waals surface area contributed by atoms with Crippen molar-refractivity contribution >= 4 is 27.5 Å². The molecule has 2 amide bonds. The number of benzene rings is 3. The lowest BCUT2D eigenvalue weighted by atomic mass is 10.1. The third kappa shape index (κ3) is 7.72. The number of carbonyl (C=O) groups is 2. The number of anilines is 1. The zero-order valence-corrected chi connectivity index (χ0v) is 27.0. The highest BCUT2D eigenvalue weighted by Crippen LogP contribution is 2.32. The first-order valence-electron chi connectivity index (χ1n) is 15.0. The van der Waals surface area contributed by atoms with Gasteiger partial charge in [0, 0.05) is 18.7 Å². The summed E-state index contributed by atoms with van der Waals surface area (Å²) >= 11 is 0. The highest BCUT2D eigenvalue weighted by molar-refractivity contribution is 7.92. The Morgan fingerprint density at radius 3 is 2.05 bits per heavy atom. The first-order valence-corrected chi connectivity index (χ1v) is 16.5. The molecule has 1 N–H and O–H groups in total.